The second kappa shape index (κ2) is 9.83. The Bertz CT molecular complexity index is 1170. The normalized spacial score (nSPS) is 18.5. The number of thioether (sulfide) groups is 1. The standard InChI is InChI=1S/C20H24Cl2N6O3S2/c1-3-6-33(30,31)27-14-5-4-13(21)17(15(14)22)26-20(29)12-9-32-18-16(12)23-10-24-19(18)25-11-7-28(2)8-11/h4-5,10-12,27H,3,6-9H2,1-2H3,(H,26,29)(H,23,24,25). The van der Waals surface area contributed by atoms with E-state index in [1.165, 1.54) is 30.2 Å². The summed E-state index contributed by atoms with van der Waals surface area (Å²) < 4.78 is 26.8. The van der Waals surface area contributed by atoms with E-state index < -0.39 is 15.9 Å². The molecule has 0 saturated carbocycles. The van der Waals surface area contributed by atoms with Crippen LogP contribution in [-0.2, 0) is 14.8 Å². The van der Waals surface area contributed by atoms with E-state index in [9.17, 15) is 13.2 Å². The van der Waals surface area contributed by atoms with Crippen LogP contribution in [0.5, 0.6) is 0 Å². The van der Waals surface area contributed by atoms with Crippen LogP contribution in [0.3, 0.4) is 0 Å². The molecule has 178 valence electrons. The largest absolute Gasteiger partial charge is 0.364 e. The van der Waals surface area contributed by atoms with Gasteiger partial charge in [0.15, 0.2) is 0 Å². The first-order valence-corrected chi connectivity index (χ1v) is 13.8. The van der Waals surface area contributed by atoms with Crippen LogP contribution >= 0.6 is 35.0 Å². The van der Waals surface area contributed by atoms with Gasteiger partial charge in [-0.15, -0.1) is 11.8 Å². The van der Waals surface area contributed by atoms with Gasteiger partial charge in [-0.3, -0.25) is 9.52 Å². The summed E-state index contributed by atoms with van der Waals surface area (Å²) in [6.45, 7) is 3.63. The highest BCUT2D eigenvalue weighted by Crippen LogP contribution is 2.44. The minimum atomic E-state index is -3.56. The second-order valence-corrected chi connectivity index (χ2v) is 11.7. The number of aromatic nitrogens is 2. The number of nitrogens with zero attached hydrogens (tertiary/aromatic N) is 3. The van der Waals surface area contributed by atoms with Crippen LogP contribution in [0.25, 0.3) is 0 Å². The lowest BCUT2D eigenvalue weighted by molar-refractivity contribution is -0.117. The molecule has 1 saturated heterocycles. The molecule has 33 heavy (non-hydrogen) atoms. The number of rotatable bonds is 8. The maximum absolute atomic E-state index is 13.2. The molecule has 1 amide bonds. The molecule has 1 atom stereocenters. The molecule has 3 N–H and O–H groups in total. The molecule has 0 aliphatic carbocycles. The second-order valence-electron chi connectivity index (χ2n) is 8.06. The zero-order valence-electron chi connectivity index (χ0n) is 18.1. The molecule has 0 spiro atoms. The molecule has 13 heteroatoms. The van der Waals surface area contributed by atoms with E-state index in [0.717, 1.165) is 23.8 Å². The smallest absolute Gasteiger partial charge is 0.234 e. The SMILES string of the molecule is CCCS(=O)(=O)Nc1ccc(Cl)c(NC(=O)C2CSc3c(NC4CN(C)C4)ncnc32)c1Cl. The Morgan fingerprint density at radius 2 is 2.03 bits per heavy atom. The monoisotopic (exact) mass is 530 g/mol. The molecule has 1 aromatic carbocycles. The Labute approximate surface area is 207 Å². The van der Waals surface area contributed by atoms with Crippen molar-refractivity contribution in [1.29, 1.82) is 0 Å². The molecule has 3 heterocycles. The number of amides is 1. The Hall–Kier alpha value is -1.79. The molecule has 9 nitrogen and oxygen atoms in total. The number of anilines is 3. The van der Waals surface area contributed by atoms with Crippen LogP contribution < -0.4 is 15.4 Å². The van der Waals surface area contributed by atoms with E-state index in [2.05, 4.69) is 37.3 Å². The number of likely N-dealkylation sites (tertiary alicyclic amines) is 1. The van der Waals surface area contributed by atoms with E-state index in [-0.39, 0.29) is 33.1 Å². The summed E-state index contributed by atoms with van der Waals surface area (Å²) in [6.07, 6.45) is 1.91. The van der Waals surface area contributed by atoms with Gasteiger partial charge < -0.3 is 15.5 Å². The maximum atomic E-state index is 13.2. The van der Waals surface area contributed by atoms with E-state index in [0.29, 0.717) is 23.9 Å². The predicted octanol–water partition coefficient (Wildman–Crippen LogP) is 3.49. The number of likely N-dealkylation sites (N-methyl/N-ethyl adjacent to an activating group) is 1. The molecule has 1 fully saturated rings. The van der Waals surface area contributed by atoms with Crippen molar-refractivity contribution in [3.63, 3.8) is 0 Å². The Morgan fingerprint density at radius 3 is 2.73 bits per heavy atom. The van der Waals surface area contributed by atoms with Gasteiger partial charge in [0.05, 0.1) is 49.7 Å². The number of sulfonamides is 1. The number of benzene rings is 1. The quantitative estimate of drug-likeness (QED) is 0.474. The van der Waals surface area contributed by atoms with Crippen LogP contribution in [0.4, 0.5) is 17.2 Å². The zero-order chi connectivity index (χ0) is 23.8. The van der Waals surface area contributed by atoms with Gasteiger partial charge in [-0.25, -0.2) is 18.4 Å². The van der Waals surface area contributed by atoms with E-state index in [1.807, 2.05) is 0 Å². The lowest BCUT2D eigenvalue weighted by Crippen LogP contribution is -2.52. The van der Waals surface area contributed by atoms with Gasteiger partial charge in [-0.1, -0.05) is 30.1 Å². The fraction of sp³-hybridized carbons (Fsp3) is 0.450. The van der Waals surface area contributed by atoms with Crippen LogP contribution in [0.15, 0.2) is 23.4 Å². The van der Waals surface area contributed by atoms with Crippen LogP contribution in [0.2, 0.25) is 10.0 Å². The van der Waals surface area contributed by atoms with Crippen LogP contribution in [0.1, 0.15) is 25.0 Å². The lowest BCUT2D eigenvalue weighted by atomic mass is 10.1. The lowest BCUT2D eigenvalue weighted by Gasteiger charge is -2.37. The average molecular weight is 531 g/mol. The summed E-state index contributed by atoms with van der Waals surface area (Å²) in [5.74, 6) is 0.340. The Morgan fingerprint density at radius 1 is 1.27 bits per heavy atom. The number of carbonyl (C=O) groups excluding carboxylic acids is 1. The summed E-state index contributed by atoms with van der Waals surface area (Å²) in [6, 6.07) is 3.28. The molecular weight excluding hydrogens is 507 g/mol. The molecule has 2 aromatic rings. The predicted molar refractivity (Wildman–Crippen MR) is 133 cm³/mol. The third-order valence-electron chi connectivity index (χ3n) is 5.35. The molecular formula is C20H24Cl2N6O3S2. The molecule has 4 rings (SSSR count). The first-order chi connectivity index (χ1) is 15.7. The van der Waals surface area contributed by atoms with Gasteiger partial charge in [0.1, 0.15) is 12.1 Å². The summed E-state index contributed by atoms with van der Waals surface area (Å²) in [5, 5.41) is 6.43. The van der Waals surface area contributed by atoms with Crippen molar-refractivity contribution in [2.24, 2.45) is 0 Å². The molecule has 0 bridgehead atoms. The van der Waals surface area contributed by atoms with Gasteiger partial charge >= 0.3 is 0 Å². The number of halogens is 2. The van der Waals surface area contributed by atoms with Crippen molar-refractivity contribution in [2.45, 2.75) is 30.2 Å². The number of hydrogen-bond acceptors (Lipinski definition) is 8. The van der Waals surface area contributed by atoms with E-state index in [1.54, 1.807) is 6.92 Å². The van der Waals surface area contributed by atoms with Gasteiger partial charge in [0, 0.05) is 18.8 Å². The summed E-state index contributed by atoms with van der Waals surface area (Å²) in [5.41, 5.74) is 0.961. The fourth-order valence-electron chi connectivity index (χ4n) is 3.75. The van der Waals surface area contributed by atoms with Crippen molar-refractivity contribution in [3.05, 3.63) is 34.2 Å². The molecule has 2 aliphatic heterocycles. The summed E-state index contributed by atoms with van der Waals surface area (Å²) in [4.78, 5) is 24.9. The Kier molecular flexibility index (Phi) is 7.25. The van der Waals surface area contributed by atoms with Crippen molar-refractivity contribution >= 4 is 68.1 Å². The molecule has 0 radical (unpaired) electrons. The molecule has 1 unspecified atom stereocenters. The average Bonchev–Trinajstić information content (AvgIpc) is 3.17. The first-order valence-electron chi connectivity index (χ1n) is 10.4. The van der Waals surface area contributed by atoms with E-state index >= 15 is 0 Å². The molecule has 2 aliphatic rings. The number of hydrogen-bond donors (Lipinski definition) is 3. The highest BCUT2D eigenvalue weighted by molar-refractivity contribution is 7.99. The van der Waals surface area contributed by atoms with Crippen molar-refractivity contribution in [3.8, 4) is 0 Å². The maximum Gasteiger partial charge on any atom is 0.234 e. The van der Waals surface area contributed by atoms with Gasteiger partial charge in [0.2, 0.25) is 15.9 Å². The van der Waals surface area contributed by atoms with Gasteiger partial charge in [-0.2, -0.15) is 0 Å². The van der Waals surface area contributed by atoms with Crippen LogP contribution in [0, 0.1) is 0 Å². The fourth-order valence-corrected chi connectivity index (χ4v) is 6.70. The van der Waals surface area contributed by atoms with E-state index in [4.69, 9.17) is 23.2 Å². The van der Waals surface area contributed by atoms with Crippen molar-refractivity contribution in [1.82, 2.24) is 14.9 Å². The van der Waals surface area contributed by atoms with Gasteiger partial charge in [0.25, 0.3) is 0 Å². The number of carbonyl (C=O) groups is 1. The summed E-state index contributed by atoms with van der Waals surface area (Å²) in [7, 11) is -1.50. The topological polar surface area (TPSA) is 116 Å². The summed E-state index contributed by atoms with van der Waals surface area (Å²) >= 11 is 14.2. The highest BCUT2D eigenvalue weighted by atomic mass is 35.5. The zero-order valence-corrected chi connectivity index (χ0v) is 21.2. The number of nitrogens with one attached hydrogen (secondary N) is 3. The number of fused-ring (bicyclic) bond motifs is 1. The van der Waals surface area contributed by atoms with Crippen molar-refractivity contribution < 1.29 is 13.2 Å². The first kappa shape index (κ1) is 24.3. The van der Waals surface area contributed by atoms with Gasteiger partial charge in [-0.05, 0) is 25.6 Å². The molecule has 1 aromatic heterocycles. The van der Waals surface area contributed by atoms with Crippen LogP contribution in [-0.4, -0.2) is 66.9 Å². The highest BCUT2D eigenvalue weighted by Gasteiger charge is 2.35. The third-order valence-corrected chi connectivity index (χ3v) is 8.73. The van der Waals surface area contributed by atoms with Crippen molar-refractivity contribution in [2.75, 3.05) is 47.0 Å². The third kappa shape index (κ3) is 5.32. The minimum Gasteiger partial charge on any atom is -0.364 e. The Balaban J connectivity index is 1.53. The minimum absolute atomic E-state index is 0.0283.